The highest BCUT2D eigenvalue weighted by atomic mass is 35.5. The number of thiophene rings is 1. The van der Waals surface area contributed by atoms with Crippen LogP contribution in [0, 0.1) is 6.92 Å². The molecular formula is C16H11Cl3N2O2S. The number of aromatic nitrogens is 2. The van der Waals surface area contributed by atoms with Crippen molar-refractivity contribution in [1.82, 2.24) is 9.55 Å². The maximum atomic E-state index is 11.7. The number of benzene rings is 1. The van der Waals surface area contributed by atoms with Crippen LogP contribution in [0.25, 0.3) is 11.4 Å². The zero-order valence-electron chi connectivity index (χ0n) is 12.4. The van der Waals surface area contributed by atoms with Crippen LogP contribution < -0.4 is 0 Å². The summed E-state index contributed by atoms with van der Waals surface area (Å²) in [7, 11) is 0. The molecule has 0 unspecified atom stereocenters. The first-order valence-corrected chi connectivity index (χ1v) is 8.87. The standard InChI is InChI=1S/C16H11Cl3N2O2S/c1-8-13(16(22)23)21(7-9-6-10(17)2-3-12(9)18)15(20-8)11-4-5-24-14(11)19/h2-6H,7H2,1H3,(H,22,23). The Morgan fingerprint density at radius 2 is 2.04 bits per heavy atom. The summed E-state index contributed by atoms with van der Waals surface area (Å²) in [6, 6.07) is 6.89. The van der Waals surface area contributed by atoms with Crippen LogP contribution in [0.15, 0.2) is 29.6 Å². The van der Waals surface area contributed by atoms with Crippen molar-refractivity contribution >= 4 is 52.1 Å². The molecular weight excluding hydrogens is 391 g/mol. The van der Waals surface area contributed by atoms with Gasteiger partial charge in [0.15, 0.2) is 5.69 Å². The Bertz CT molecular complexity index is 934. The number of imidazole rings is 1. The van der Waals surface area contributed by atoms with E-state index >= 15 is 0 Å². The second-order valence-corrected chi connectivity index (χ2v) is 7.47. The van der Waals surface area contributed by atoms with Gasteiger partial charge in [-0.25, -0.2) is 9.78 Å². The van der Waals surface area contributed by atoms with Gasteiger partial charge in [-0.3, -0.25) is 0 Å². The SMILES string of the molecule is Cc1nc(-c2ccsc2Cl)n(Cc2cc(Cl)ccc2Cl)c1C(=O)O. The highest BCUT2D eigenvalue weighted by Gasteiger charge is 2.23. The first-order valence-electron chi connectivity index (χ1n) is 6.86. The van der Waals surface area contributed by atoms with E-state index in [9.17, 15) is 9.90 Å². The van der Waals surface area contributed by atoms with Gasteiger partial charge in [-0.05, 0) is 42.1 Å². The van der Waals surface area contributed by atoms with Gasteiger partial charge >= 0.3 is 5.97 Å². The Hall–Kier alpha value is -1.53. The molecule has 3 aromatic rings. The molecule has 0 aliphatic rings. The number of aromatic carboxylic acids is 1. The van der Waals surface area contributed by atoms with Crippen LogP contribution in [-0.4, -0.2) is 20.6 Å². The van der Waals surface area contributed by atoms with E-state index in [0.717, 1.165) is 0 Å². The molecule has 2 aromatic heterocycles. The predicted molar refractivity (Wildman–Crippen MR) is 97.8 cm³/mol. The van der Waals surface area contributed by atoms with Crippen LogP contribution in [0.3, 0.4) is 0 Å². The lowest BCUT2D eigenvalue weighted by molar-refractivity contribution is 0.0685. The van der Waals surface area contributed by atoms with Crippen LogP contribution in [0.4, 0.5) is 0 Å². The van der Waals surface area contributed by atoms with Gasteiger partial charge in [-0.1, -0.05) is 34.8 Å². The largest absolute Gasteiger partial charge is 0.477 e. The summed E-state index contributed by atoms with van der Waals surface area (Å²) in [4.78, 5) is 16.1. The number of rotatable bonds is 4. The van der Waals surface area contributed by atoms with E-state index in [2.05, 4.69) is 4.98 Å². The van der Waals surface area contributed by atoms with E-state index in [1.807, 2.05) is 11.4 Å². The maximum Gasteiger partial charge on any atom is 0.354 e. The van der Waals surface area contributed by atoms with Crippen LogP contribution in [0.1, 0.15) is 21.7 Å². The number of carboxylic acid groups (broad SMARTS) is 1. The highest BCUT2D eigenvalue weighted by Crippen LogP contribution is 2.34. The molecule has 0 radical (unpaired) electrons. The van der Waals surface area contributed by atoms with E-state index < -0.39 is 5.97 Å². The van der Waals surface area contributed by atoms with Crippen LogP contribution in [-0.2, 0) is 6.54 Å². The summed E-state index contributed by atoms with van der Waals surface area (Å²) in [6.45, 7) is 1.88. The van der Waals surface area contributed by atoms with Crippen molar-refractivity contribution in [3.63, 3.8) is 0 Å². The van der Waals surface area contributed by atoms with Gasteiger partial charge in [0.1, 0.15) is 10.2 Å². The molecule has 0 aliphatic carbocycles. The predicted octanol–water partition coefficient (Wildman–Crippen LogP) is 5.63. The summed E-state index contributed by atoms with van der Waals surface area (Å²) in [6.07, 6.45) is 0. The van der Waals surface area contributed by atoms with Crippen molar-refractivity contribution in [2.24, 2.45) is 0 Å². The van der Waals surface area contributed by atoms with E-state index in [4.69, 9.17) is 34.8 Å². The number of hydrogen-bond donors (Lipinski definition) is 1. The quantitative estimate of drug-likeness (QED) is 0.616. The fourth-order valence-electron chi connectivity index (χ4n) is 2.49. The van der Waals surface area contributed by atoms with Gasteiger partial charge in [0, 0.05) is 15.6 Å². The van der Waals surface area contributed by atoms with E-state index in [1.54, 1.807) is 29.7 Å². The first-order chi connectivity index (χ1) is 11.4. The minimum atomic E-state index is -1.06. The van der Waals surface area contributed by atoms with E-state index in [1.165, 1.54) is 11.3 Å². The molecule has 4 nitrogen and oxygen atoms in total. The number of carboxylic acids is 1. The summed E-state index contributed by atoms with van der Waals surface area (Å²) in [5, 5.41) is 12.4. The van der Waals surface area contributed by atoms with Gasteiger partial charge in [0.2, 0.25) is 0 Å². The molecule has 0 fully saturated rings. The summed E-state index contributed by atoms with van der Waals surface area (Å²) in [5.74, 6) is -0.567. The molecule has 0 atom stereocenters. The third-order valence-corrected chi connectivity index (χ3v) is 5.31. The summed E-state index contributed by atoms with van der Waals surface area (Å²) < 4.78 is 2.15. The molecule has 8 heteroatoms. The molecule has 0 spiro atoms. The van der Waals surface area contributed by atoms with Gasteiger partial charge in [-0.15, -0.1) is 11.3 Å². The molecule has 0 bridgehead atoms. The van der Waals surface area contributed by atoms with E-state index in [-0.39, 0.29) is 12.2 Å². The lowest BCUT2D eigenvalue weighted by Gasteiger charge is -2.12. The van der Waals surface area contributed by atoms with Crippen molar-refractivity contribution in [2.45, 2.75) is 13.5 Å². The maximum absolute atomic E-state index is 11.7. The lowest BCUT2D eigenvalue weighted by atomic mass is 10.2. The van der Waals surface area contributed by atoms with Gasteiger partial charge in [0.25, 0.3) is 0 Å². The molecule has 3 rings (SSSR count). The summed E-state index contributed by atoms with van der Waals surface area (Å²) in [5.41, 5.74) is 1.91. The molecule has 0 aliphatic heterocycles. The van der Waals surface area contributed by atoms with Crippen molar-refractivity contribution in [3.05, 3.63) is 61.0 Å². The minimum absolute atomic E-state index is 0.100. The van der Waals surface area contributed by atoms with Gasteiger partial charge in [0.05, 0.1) is 12.2 Å². The van der Waals surface area contributed by atoms with E-state index in [0.29, 0.717) is 37.0 Å². The second kappa shape index (κ2) is 6.76. The van der Waals surface area contributed by atoms with Crippen molar-refractivity contribution < 1.29 is 9.90 Å². The van der Waals surface area contributed by atoms with Crippen molar-refractivity contribution in [1.29, 1.82) is 0 Å². The van der Waals surface area contributed by atoms with Crippen molar-refractivity contribution in [3.8, 4) is 11.4 Å². The Morgan fingerprint density at radius 1 is 1.29 bits per heavy atom. The van der Waals surface area contributed by atoms with Crippen LogP contribution in [0.2, 0.25) is 14.4 Å². The minimum Gasteiger partial charge on any atom is -0.477 e. The Labute approximate surface area is 157 Å². The number of nitrogens with zero attached hydrogens (tertiary/aromatic N) is 2. The molecule has 1 N–H and O–H groups in total. The number of carbonyl (C=O) groups is 1. The zero-order chi connectivity index (χ0) is 17.4. The molecule has 24 heavy (non-hydrogen) atoms. The van der Waals surface area contributed by atoms with Crippen LogP contribution >= 0.6 is 46.1 Å². The normalized spacial score (nSPS) is 11.0. The molecule has 0 amide bonds. The van der Waals surface area contributed by atoms with Gasteiger partial charge in [-0.2, -0.15) is 0 Å². The molecule has 124 valence electrons. The summed E-state index contributed by atoms with van der Waals surface area (Å²) >= 11 is 19.8. The lowest BCUT2D eigenvalue weighted by Crippen LogP contribution is -2.12. The Balaban J connectivity index is 2.19. The topological polar surface area (TPSA) is 55.1 Å². The molecule has 2 heterocycles. The molecule has 1 aromatic carbocycles. The molecule has 0 saturated carbocycles. The van der Waals surface area contributed by atoms with Gasteiger partial charge < -0.3 is 9.67 Å². The third kappa shape index (κ3) is 3.17. The Morgan fingerprint density at radius 3 is 2.67 bits per heavy atom. The third-order valence-electron chi connectivity index (χ3n) is 3.54. The monoisotopic (exact) mass is 400 g/mol. The molecule has 0 saturated heterocycles. The number of hydrogen-bond acceptors (Lipinski definition) is 3. The number of halogens is 3. The first kappa shape index (κ1) is 17.3. The highest BCUT2D eigenvalue weighted by molar-refractivity contribution is 7.15. The average Bonchev–Trinajstić information content (AvgIpc) is 3.06. The average molecular weight is 402 g/mol. The van der Waals surface area contributed by atoms with Crippen LogP contribution in [0.5, 0.6) is 0 Å². The Kier molecular flexibility index (Phi) is 4.88. The van der Waals surface area contributed by atoms with Crippen molar-refractivity contribution in [2.75, 3.05) is 0 Å². The fourth-order valence-corrected chi connectivity index (χ4v) is 3.77. The zero-order valence-corrected chi connectivity index (χ0v) is 15.5. The number of aryl methyl sites for hydroxylation is 1. The fraction of sp³-hybridized carbons (Fsp3) is 0.125. The smallest absolute Gasteiger partial charge is 0.354 e. The second-order valence-electron chi connectivity index (χ2n) is 5.10.